The maximum atomic E-state index is 13.8. The minimum absolute atomic E-state index is 0.0991. The summed E-state index contributed by atoms with van der Waals surface area (Å²) in [5.41, 5.74) is -0.419. The van der Waals surface area contributed by atoms with Gasteiger partial charge in [-0.05, 0) is 48.6 Å². The van der Waals surface area contributed by atoms with E-state index >= 15 is 0 Å². The number of carbonyl (C=O) groups is 3. The molecule has 170 valence electrons. The first kappa shape index (κ1) is 22.5. The molecule has 2 aromatic rings. The van der Waals surface area contributed by atoms with Gasteiger partial charge in [0.1, 0.15) is 0 Å². The van der Waals surface area contributed by atoms with Gasteiger partial charge in [-0.3, -0.25) is 19.5 Å². The SMILES string of the molecule is CC(C)CC(=O)N1CCC([C@@]2(c3cccnc3)NC(=O)N(CCc3cccs3)C2=O)CC1. The average molecular weight is 455 g/mol. The Kier molecular flexibility index (Phi) is 6.60. The third-order valence-corrected chi connectivity index (χ3v) is 7.39. The lowest BCUT2D eigenvalue weighted by molar-refractivity contribution is -0.136. The Labute approximate surface area is 192 Å². The molecule has 0 saturated carbocycles. The van der Waals surface area contributed by atoms with Crippen molar-refractivity contribution in [2.24, 2.45) is 11.8 Å². The number of rotatable bonds is 7. The molecular weight excluding hydrogens is 424 g/mol. The zero-order valence-electron chi connectivity index (χ0n) is 18.6. The Balaban J connectivity index is 1.56. The number of thiophene rings is 1. The fourth-order valence-electron chi connectivity index (χ4n) is 4.82. The first-order chi connectivity index (χ1) is 15.4. The summed E-state index contributed by atoms with van der Waals surface area (Å²) in [7, 11) is 0. The summed E-state index contributed by atoms with van der Waals surface area (Å²) in [6, 6.07) is 7.30. The van der Waals surface area contributed by atoms with Gasteiger partial charge >= 0.3 is 6.03 Å². The Morgan fingerprint density at radius 1 is 1.25 bits per heavy atom. The van der Waals surface area contributed by atoms with E-state index in [2.05, 4.69) is 10.3 Å². The number of nitrogens with zero attached hydrogens (tertiary/aromatic N) is 3. The largest absolute Gasteiger partial charge is 0.343 e. The van der Waals surface area contributed by atoms with Crippen LogP contribution in [-0.4, -0.2) is 52.3 Å². The van der Waals surface area contributed by atoms with E-state index in [1.807, 2.05) is 42.3 Å². The average Bonchev–Trinajstić information content (AvgIpc) is 3.39. The topological polar surface area (TPSA) is 82.6 Å². The maximum absolute atomic E-state index is 13.8. The lowest BCUT2D eigenvalue weighted by Gasteiger charge is -2.41. The molecule has 0 aromatic carbocycles. The highest BCUT2D eigenvalue weighted by Gasteiger charge is 2.57. The molecule has 2 aromatic heterocycles. The number of amides is 4. The molecule has 8 heteroatoms. The Morgan fingerprint density at radius 3 is 2.66 bits per heavy atom. The number of aromatic nitrogens is 1. The number of imide groups is 1. The van der Waals surface area contributed by atoms with E-state index < -0.39 is 5.54 Å². The molecule has 1 N–H and O–H groups in total. The van der Waals surface area contributed by atoms with Crippen LogP contribution in [0.15, 0.2) is 42.0 Å². The molecule has 0 aliphatic carbocycles. The lowest BCUT2D eigenvalue weighted by atomic mass is 9.73. The predicted octanol–water partition coefficient (Wildman–Crippen LogP) is 3.42. The molecule has 4 heterocycles. The van der Waals surface area contributed by atoms with Crippen LogP contribution in [0.1, 0.15) is 43.6 Å². The third kappa shape index (κ3) is 4.28. The quantitative estimate of drug-likeness (QED) is 0.650. The predicted molar refractivity (Wildman–Crippen MR) is 123 cm³/mol. The normalized spacial score (nSPS) is 22.0. The van der Waals surface area contributed by atoms with Crippen LogP contribution in [0.5, 0.6) is 0 Å². The highest BCUT2D eigenvalue weighted by molar-refractivity contribution is 7.09. The van der Waals surface area contributed by atoms with Crippen LogP contribution >= 0.6 is 11.3 Å². The zero-order chi connectivity index (χ0) is 22.7. The molecule has 7 nitrogen and oxygen atoms in total. The molecule has 0 radical (unpaired) electrons. The minimum Gasteiger partial charge on any atom is -0.343 e. The molecule has 0 spiro atoms. The van der Waals surface area contributed by atoms with Gasteiger partial charge in [0.05, 0.1) is 0 Å². The second kappa shape index (κ2) is 9.40. The summed E-state index contributed by atoms with van der Waals surface area (Å²) in [5, 5.41) is 5.05. The summed E-state index contributed by atoms with van der Waals surface area (Å²) in [4.78, 5) is 47.9. The van der Waals surface area contributed by atoms with E-state index in [1.54, 1.807) is 29.8 Å². The van der Waals surface area contributed by atoms with Crippen LogP contribution in [0.25, 0.3) is 0 Å². The van der Waals surface area contributed by atoms with Crippen molar-refractivity contribution in [1.82, 2.24) is 20.1 Å². The first-order valence-corrected chi connectivity index (χ1v) is 12.1. The molecule has 2 aliphatic rings. The fourth-order valence-corrected chi connectivity index (χ4v) is 5.52. The second-order valence-electron chi connectivity index (χ2n) is 9.02. The molecule has 4 amide bonds. The molecule has 2 fully saturated rings. The van der Waals surface area contributed by atoms with E-state index in [-0.39, 0.29) is 23.8 Å². The smallest absolute Gasteiger partial charge is 0.325 e. The van der Waals surface area contributed by atoms with Crippen LogP contribution in [0.2, 0.25) is 0 Å². The van der Waals surface area contributed by atoms with Gasteiger partial charge in [0.15, 0.2) is 5.54 Å². The number of nitrogens with one attached hydrogen (secondary N) is 1. The van der Waals surface area contributed by atoms with Crippen molar-refractivity contribution < 1.29 is 14.4 Å². The molecule has 32 heavy (non-hydrogen) atoms. The summed E-state index contributed by atoms with van der Waals surface area (Å²) in [6.45, 7) is 5.62. The van der Waals surface area contributed by atoms with Gasteiger partial charge in [0, 0.05) is 48.9 Å². The van der Waals surface area contributed by atoms with Crippen molar-refractivity contribution in [2.45, 2.75) is 45.1 Å². The summed E-state index contributed by atoms with van der Waals surface area (Å²) in [5.74, 6) is 0.166. The second-order valence-corrected chi connectivity index (χ2v) is 10.1. The third-order valence-electron chi connectivity index (χ3n) is 6.45. The lowest BCUT2D eigenvalue weighted by Crippen LogP contribution is -2.54. The molecule has 0 unspecified atom stereocenters. The van der Waals surface area contributed by atoms with Crippen LogP contribution in [0.4, 0.5) is 4.79 Å². The molecular formula is C24H30N4O3S. The maximum Gasteiger partial charge on any atom is 0.325 e. The van der Waals surface area contributed by atoms with Crippen molar-refractivity contribution >= 4 is 29.2 Å². The van der Waals surface area contributed by atoms with Crippen molar-refractivity contribution in [1.29, 1.82) is 0 Å². The van der Waals surface area contributed by atoms with Crippen molar-refractivity contribution in [3.8, 4) is 0 Å². The van der Waals surface area contributed by atoms with Crippen molar-refractivity contribution in [3.63, 3.8) is 0 Å². The number of urea groups is 1. The van der Waals surface area contributed by atoms with E-state index in [0.717, 1.165) is 4.88 Å². The highest BCUT2D eigenvalue weighted by Crippen LogP contribution is 2.41. The molecule has 4 rings (SSSR count). The Bertz CT molecular complexity index is 955. The standard InChI is InChI=1S/C24H30N4O3S/c1-17(2)15-21(29)27-11-7-18(8-12-27)24(19-5-3-10-25-16-19)22(30)28(23(31)26-24)13-9-20-6-4-14-32-20/h3-6,10,14,16-18H,7-9,11-13,15H2,1-2H3,(H,26,31)/t24-/m0/s1. The van der Waals surface area contributed by atoms with Gasteiger partial charge in [-0.25, -0.2) is 4.79 Å². The Hall–Kier alpha value is -2.74. The number of hydrogen-bond acceptors (Lipinski definition) is 5. The first-order valence-electron chi connectivity index (χ1n) is 11.3. The number of carbonyl (C=O) groups excluding carboxylic acids is 3. The highest BCUT2D eigenvalue weighted by atomic mass is 32.1. The summed E-state index contributed by atoms with van der Waals surface area (Å²) in [6.07, 6.45) is 5.83. The van der Waals surface area contributed by atoms with Crippen LogP contribution in [0.3, 0.4) is 0 Å². The van der Waals surface area contributed by atoms with E-state index in [4.69, 9.17) is 0 Å². The van der Waals surface area contributed by atoms with Crippen LogP contribution < -0.4 is 5.32 Å². The van der Waals surface area contributed by atoms with Gasteiger partial charge in [-0.2, -0.15) is 0 Å². The Morgan fingerprint density at radius 2 is 2.03 bits per heavy atom. The molecule has 2 saturated heterocycles. The molecule has 1 atom stereocenters. The van der Waals surface area contributed by atoms with Gasteiger partial charge in [0.25, 0.3) is 5.91 Å². The van der Waals surface area contributed by atoms with Crippen LogP contribution in [-0.2, 0) is 21.5 Å². The van der Waals surface area contributed by atoms with Crippen molar-refractivity contribution in [2.75, 3.05) is 19.6 Å². The van der Waals surface area contributed by atoms with Crippen molar-refractivity contribution in [3.05, 3.63) is 52.5 Å². The molecule has 0 bridgehead atoms. The zero-order valence-corrected chi connectivity index (χ0v) is 19.4. The van der Waals surface area contributed by atoms with Gasteiger partial charge in [-0.15, -0.1) is 11.3 Å². The van der Waals surface area contributed by atoms with Gasteiger partial charge in [0.2, 0.25) is 5.91 Å². The van der Waals surface area contributed by atoms with E-state index in [0.29, 0.717) is 56.8 Å². The summed E-state index contributed by atoms with van der Waals surface area (Å²) >= 11 is 1.62. The van der Waals surface area contributed by atoms with Gasteiger partial charge in [-0.1, -0.05) is 26.0 Å². The fraction of sp³-hybridized carbons (Fsp3) is 0.500. The van der Waals surface area contributed by atoms with Gasteiger partial charge < -0.3 is 10.2 Å². The van der Waals surface area contributed by atoms with Crippen LogP contribution in [0, 0.1) is 11.8 Å². The molecule has 2 aliphatic heterocycles. The monoisotopic (exact) mass is 454 g/mol. The number of pyridine rings is 1. The number of hydrogen-bond donors (Lipinski definition) is 1. The minimum atomic E-state index is -1.13. The summed E-state index contributed by atoms with van der Waals surface area (Å²) < 4.78 is 0. The van der Waals surface area contributed by atoms with E-state index in [1.165, 1.54) is 4.90 Å². The number of piperidine rings is 1. The number of likely N-dealkylation sites (tertiary alicyclic amines) is 1. The van der Waals surface area contributed by atoms with E-state index in [9.17, 15) is 14.4 Å².